The third kappa shape index (κ3) is 2.94. The van der Waals surface area contributed by atoms with Crippen LogP contribution in [-0.4, -0.2) is 22.5 Å². The molecule has 5 heteroatoms. The number of carbonyl (C=O) groups excluding carboxylic acids is 1. The van der Waals surface area contributed by atoms with Crippen LogP contribution in [0, 0.1) is 5.92 Å². The van der Waals surface area contributed by atoms with E-state index in [1.807, 2.05) is 28.5 Å². The van der Waals surface area contributed by atoms with E-state index in [0.717, 1.165) is 11.4 Å². The fraction of sp³-hybridized carbons (Fsp3) is 0.467. The zero-order chi connectivity index (χ0) is 13.9. The summed E-state index contributed by atoms with van der Waals surface area (Å²) in [6.07, 6.45) is 8.39. The Labute approximate surface area is 128 Å². The molecule has 0 radical (unpaired) electrons. The Balaban J connectivity index is 1.79. The number of amides is 1. The maximum atomic E-state index is 12.1. The molecule has 0 spiro atoms. The van der Waals surface area contributed by atoms with Gasteiger partial charge in [-0.3, -0.25) is 10.1 Å². The van der Waals surface area contributed by atoms with E-state index in [-0.39, 0.29) is 5.91 Å². The van der Waals surface area contributed by atoms with Gasteiger partial charge in [-0.2, -0.15) is 0 Å². The van der Waals surface area contributed by atoms with Crippen LogP contribution in [0.25, 0.3) is 6.08 Å². The highest BCUT2D eigenvalue weighted by molar-refractivity contribution is 7.80. The Bertz CT molecular complexity index is 530. The minimum absolute atomic E-state index is 0.0702. The van der Waals surface area contributed by atoms with Crippen LogP contribution >= 0.6 is 23.6 Å². The molecule has 3 nitrogen and oxygen atoms in total. The molecule has 0 atom stereocenters. The van der Waals surface area contributed by atoms with Gasteiger partial charge in [0.05, 0.1) is 0 Å². The van der Waals surface area contributed by atoms with Gasteiger partial charge >= 0.3 is 0 Å². The summed E-state index contributed by atoms with van der Waals surface area (Å²) in [5.41, 5.74) is 0.697. The number of carbonyl (C=O) groups is 1. The molecule has 1 N–H and O–H groups in total. The van der Waals surface area contributed by atoms with Crippen molar-refractivity contribution >= 4 is 40.7 Å². The Kier molecular flexibility index (Phi) is 4.17. The van der Waals surface area contributed by atoms with Crippen LogP contribution in [-0.2, 0) is 4.79 Å². The van der Waals surface area contributed by atoms with Gasteiger partial charge < -0.3 is 4.90 Å². The standard InChI is InChI=1S/C15H18N2OS2/c18-14-13(9-12-7-4-8-20-12)17(15(19)16-14)10-11-5-2-1-3-6-11/h4,7-9,11H,1-3,5-6,10H2,(H,16,18,19)/b13-9+. The molecule has 2 fully saturated rings. The summed E-state index contributed by atoms with van der Waals surface area (Å²) >= 11 is 6.95. The second kappa shape index (κ2) is 6.06. The summed E-state index contributed by atoms with van der Waals surface area (Å²) in [5.74, 6) is 0.584. The minimum Gasteiger partial charge on any atom is -0.314 e. The van der Waals surface area contributed by atoms with E-state index in [0.29, 0.717) is 16.7 Å². The van der Waals surface area contributed by atoms with E-state index in [1.165, 1.54) is 32.1 Å². The van der Waals surface area contributed by atoms with Gasteiger partial charge in [-0.15, -0.1) is 11.3 Å². The number of nitrogens with one attached hydrogen (secondary N) is 1. The number of hydrogen-bond acceptors (Lipinski definition) is 3. The lowest BCUT2D eigenvalue weighted by Gasteiger charge is -2.27. The zero-order valence-corrected chi connectivity index (χ0v) is 12.9. The number of thiocarbonyl (C=S) groups is 1. The monoisotopic (exact) mass is 306 g/mol. The van der Waals surface area contributed by atoms with Crippen molar-refractivity contribution in [3.05, 3.63) is 28.1 Å². The summed E-state index contributed by atoms with van der Waals surface area (Å²) in [6.45, 7) is 0.870. The highest BCUT2D eigenvalue weighted by atomic mass is 32.1. The Hall–Kier alpha value is -1.20. The lowest BCUT2D eigenvalue weighted by molar-refractivity contribution is -0.115. The molecule has 0 bridgehead atoms. The maximum Gasteiger partial charge on any atom is 0.274 e. The first-order valence-electron chi connectivity index (χ1n) is 7.12. The van der Waals surface area contributed by atoms with Crippen molar-refractivity contribution in [3.8, 4) is 0 Å². The van der Waals surface area contributed by atoms with Crippen molar-refractivity contribution in [3.63, 3.8) is 0 Å². The number of nitrogens with zero attached hydrogens (tertiary/aromatic N) is 1. The van der Waals surface area contributed by atoms with Crippen molar-refractivity contribution in [2.24, 2.45) is 5.92 Å². The average Bonchev–Trinajstić information content (AvgIpc) is 3.04. The van der Waals surface area contributed by atoms with Crippen LogP contribution in [0.5, 0.6) is 0 Å². The molecule has 1 aromatic rings. The van der Waals surface area contributed by atoms with E-state index in [4.69, 9.17) is 12.2 Å². The van der Waals surface area contributed by atoms with Gasteiger partial charge in [-0.1, -0.05) is 25.3 Å². The van der Waals surface area contributed by atoms with Gasteiger partial charge in [-0.25, -0.2) is 0 Å². The molecule has 1 aliphatic heterocycles. The van der Waals surface area contributed by atoms with Gasteiger partial charge in [0.25, 0.3) is 5.91 Å². The SMILES string of the molecule is O=C1NC(=S)N(CC2CCCCC2)/C1=C/c1cccs1. The van der Waals surface area contributed by atoms with Crippen LogP contribution in [0.1, 0.15) is 37.0 Å². The third-order valence-corrected chi connectivity index (χ3v) is 5.12. The molecule has 1 saturated heterocycles. The van der Waals surface area contributed by atoms with E-state index < -0.39 is 0 Å². The second-order valence-corrected chi connectivity index (χ2v) is 6.78. The van der Waals surface area contributed by atoms with Crippen molar-refractivity contribution < 1.29 is 4.79 Å². The Morgan fingerprint density at radius 2 is 2.20 bits per heavy atom. The fourth-order valence-electron chi connectivity index (χ4n) is 2.92. The van der Waals surface area contributed by atoms with Crippen molar-refractivity contribution in [2.75, 3.05) is 6.54 Å². The normalized spacial score (nSPS) is 22.6. The fourth-order valence-corrected chi connectivity index (χ4v) is 3.84. The van der Waals surface area contributed by atoms with Gasteiger partial charge in [0.2, 0.25) is 0 Å². The average molecular weight is 306 g/mol. The third-order valence-electron chi connectivity index (χ3n) is 3.98. The van der Waals surface area contributed by atoms with Gasteiger partial charge in [0, 0.05) is 11.4 Å². The van der Waals surface area contributed by atoms with E-state index in [1.54, 1.807) is 11.3 Å². The largest absolute Gasteiger partial charge is 0.314 e. The Morgan fingerprint density at radius 3 is 2.90 bits per heavy atom. The van der Waals surface area contributed by atoms with Crippen molar-refractivity contribution in [1.29, 1.82) is 0 Å². The van der Waals surface area contributed by atoms with Gasteiger partial charge in [-0.05, 0) is 48.5 Å². The van der Waals surface area contributed by atoms with E-state index >= 15 is 0 Å². The molecule has 0 aromatic carbocycles. The quantitative estimate of drug-likeness (QED) is 0.686. The predicted octanol–water partition coefficient (Wildman–Crippen LogP) is 3.39. The molecule has 1 aliphatic carbocycles. The molecule has 20 heavy (non-hydrogen) atoms. The summed E-state index contributed by atoms with van der Waals surface area (Å²) < 4.78 is 0. The van der Waals surface area contributed by atoms with E-state index in [2.05, 4.69) is 5.32 Å². The van der Waals surface area contributed by atoms with Gasteiger partial charge in [0.15, 0.2) is 5.11 Å². The summed E-state index contributed by atoms with van der Waals surface area (Å²) in [7, 11) is 0. The highest BCUT2D eigenvalue weighted by Gasteiger charge is 2.32. The second-order valence-electron chi connectivity index (χ2n) is 5.42. The first-order valence-corrected chi connectivity index (χ1v) is 8.41. The van der Waals surface area contributed by atoms with Crippen LogP contribution in [0.2, 0.25) is 0 Å². The lowest BCUT2D eigenvalue weighted by atomic mass is 9.89. The number of thiophene rings is 1. The summed E-state index contributed by atoms with van der Waals surface area (Å²) in [5, 5.41) is 5.35. The first-order chi connectivity index (χ1) is 9.74. The predicted molar refractivity (Wildman–Crippen MR) is 86.3 cm³/mol. The van der Waals surface area contributed by atoms with Crippen LogP contribution in [0.15, 0.2) is 23.2 Å². The number of hydrogen-bond donors (Lipinski definition) is 1. The van der Waals surface area contributed by atoms with E-state index in [9.17, 15) is 4.79 Å². The lowest BCUT2D eigenvalue weighted by Crippen LogP contribution is -2.32. The van der Waals surface area contributed by atoms with Crippen molar-refractivity contribution in [2.45, 2.75) is 32.1 Å². The molecule has 2 heterocycles. The van der Waals surface area contributed by atoms with Crippen LogP contribution < -0.4 is 5.32 Å². The molecule has 2 aliphatic rings. The summed E-state index contributed by atoms with van der Waals surface area (Å²) in [6, 6.07) is 4.01. The maximum absolute atomic E-state index is 12.1. The molecule has 1 aromatic heterocycles. The molecule has 0 unspecified atom stereocenters. The summed E-state index contributed by atoms with van der Waals surface area (Å²) in [4.78, 5) is 15.1. The van der Waals surface area contributed by atoms with Crippen LogP contribution in [0.4, 0.5) is 0 Å². The number of rotatable bonds is 3. The van der Waals surface area contributed by atoms with Gasteiger partial charge in [0.1, 0.15) is 5.70 Å². The molecule has 1 amide bonds. The minimum atomic E-state index is -0.0702. The molecule has 106 valence electrons. The highest BCUT2D eigenvalue weighted by Crippen LogP contribution is 2.28. The molecular formula is C15H18N2OS2. The van der Waals surface area contributed by atoms with Crippen LogP contribution in [0.3, 0.4) is 0 Å². The smallest absolute Gasteiger partial charge is 0.274 e. The molecule has 3 rings (SSSR count). The van der Waals surface area contributed by atoms with Crippen molar-refractivity contribution in [1.82, 2.24) is 10.2 Å². The molecule has 1 saturated carbocycles. The topological polar surface area (TPSA) is 32.3 Å². The zero-order valence-electron chi connectivity index (χ0n) is 11.3. The Morgan fingerprint density at radius 1 is 1.40 bits per heavy atom. The first kappa shape index (κ1) is 13.8. The molecular weight excluding hydrogens is 288 g/mol.